The Morgan fingerprint density at radius 1 is 1.23 bits per heavy atom. The van der Waals surface area contributed by atoms with Gasteiger partial charge in [0.25, 0.3) is 5.69 Å². The average molecular weight is 351 g/mol. The molecule has 9 nitrogen and oxygen atoms in total. The first-order chi connectivity index (χ1) is 12.5. The number of nitrogens with one attached hydrogen (secondary N) is 2. The van der Waals surface area contributed by atoms with Crippen LogP contribution in [-0.4, -0.2) is 26.3 Å². The lowest BCUT2D eigenvalue weighted by molar-refractivity contribution is -0.383. The average Bonchev–Trinajstić information content (AvgIpc) is 2.99. The highest BCUT2D eigenvalue weighted by molar-refractivity contribution is 6.03. The fraction of sp³-hybridized carbons (Fsp3) is 0.118. The third-order valence-electron chi connectivity index (χ3n) is 4.20. The Morgan fingerprint density at radius 3 is 2.77 bits per heavy atom. The first-order valence-corrected chi connectivity index (χ1v) is 7.85. The van der Waals surface area contributed by atoms with Crippen LogP contribution in [0.3, 0.4) is 0 Å². The van der Waals surface area contributed by atoms with Crippen LogP contribution in [0, 0.1) is 10.1 Å². The van der Waals surface area contributed by atoms with E-state index in [4.69, 9.17) is 0 Å². The summed E-state index contributed by atoms with van der Waals surface area (Å²) in [6.45, 7) is 0. The van der Waals surface area contributed by atoms with E-state index in [1.165, 1.54) is 18.2 Å². The largest absolute Gasteiger partial charge is 0.319 e. The first kappa shape index (κ1) is 15.8. The van der Waals surface area contributed by atoms with E-state index in [1.807, 2.05) is 12.1 Å². The van der Waals surface area contributed by atoms with Gasteiger partial charge in [0.15, 0.2) is 0 Å². The smallest absolute Gasteiger partial charge is 0.292 e. The lowest BCUT2D eigenvalue weighted by Gasteiger charge is -2.24. The van der Waals surface area contributed by atoms with E-state index < -0.39 is 16.9 Å². The van der Waals surface area contributed by atoms with E-state index in [-0.39, 0.29) is 29.7 Å². The van der Waals surface area contributed by atoms with Crippen molar-refractivity contribution in [2.45, 2.75) is 12.5 Å². The van der Waals surface area contributed by atoms with Crippen molar-refractivity contribution >= 4 is 40.2 Å². The van der Waals surface area contributed by atoms with E-state index in [2.05, 4.69) is 15.6 Å². The van der Waals surface area contributed by atoms with Crippen molar-refractivity contribution in [1.82, 2.24) is 9.55 Å². The van der Waals surface area contributed by atoms with Crippen molar-refractivity contribution < 1.29 is 14.5 Å². The van der Waals surface area contributed by atoms with Gasteiger partial charge < -0.3 is 5.32 Å². The molecule has 130 valence electrons. The molecule has 4 rings (SSSR count). The number of anilines is 2. The Labute approximate surface area is 146 Å². The van der Waals surface area contributed by atoms with Gasteiger partial charge in [-0.05, 0) is 18.2 Å². The molecule has 0 saturated carbocycles. The normalized spacial score (nSPS) is 16.0. The molecule has 0 spiro atoms. The van der Waals surface area contributed by atoms with Crippen molar-refractivity contribution in [3.8, 4) is 0 Å². The number of fused-ring (bicyclic) bond motifs is 3. The number of carbonyl (C=O) groups is 2. The molecule has 1 aliphatic heterocycles. The minimum Gasteiger partial charge on any atom is -0.319 e. The molecular formula is C17H13N5O4. The third-order valence-corrected chi connectivity index (χ3v) is 4.20. The van der Waals surface area contributed by atoms with Crippen LogP contribution in [0.5, 0.6) is 0 Å². The van der Waals surface area contributed by atoms with Gasteiger partial charge in [0.2, 0.25) is 17.8 Å². The monoisotopic (exact) mass is 351 g/mol. The number of aromatic nitrogens is 2. The second-order valence-corrected chi connectivity index (χ2v) is 5.83. The zero-order valence-electron chi connectivity index (χ0n) is 13.4. The van der Waals surface area contributed by atoms with Gasteiger partial charge in [-0.25, -0.2) is 4.98 Å². The maximum Gasteiger partial charge on any atom is 0.292 e. The van der Waals surface area contributed by atoms with Gasteiger partial charge in [0, 0.05) is 6.07 Å². The summed E-state index contributed by atoms with van der Waals surface area (Å²) in [4.78, 5) is 39.7. The van der Waals surface area contributed by atoms with Gasteiger partial charge in [-0.2, -0.15) is 0 Å². The molecule has 9 heteroatoms. The number of nitro benzene ring substituents is 1. The van der Waals surface area contributed by atoms with Gasteiger partial charge >= 0.3 is 0 Å². The summed E-state index contributed by atoms with van der Waals surface area (Å²) in [6, 6.07) is 12.2. The van der Waals surface area contributed by atoms with Crippen molar-refractivity contribution in [1.29, 1.82) is 0 Å². The van der Waals surface area contributed by atoms with Crippen LogP contribution in [0.25, 0.3) is 11.0 Å². The third kappa shape index (κ3) is 2.55. The zero-order chi connectivity index (χ0) is 18.3. The van der Waals surface area contributed by atoms with E-state index >= 15 is 0 Å². The van der Waals surface area contributed by atoms with E-state index in [9.17, 15) is 19.7 Å². The summed E-state index contributed by atoms with van der Waals surface area (Å²) >= 11 is 0. The Balaban J connectivity index is 1.74. The highest BCUT2D eigenvalue weighted by atomic mass is 16.6. The molecule has 1 atom stereocenters. The van der Waals surface area contributed by atoms with Crippen molar-refractivity contribution in [2.75, 3.05) is 10.6 Å². The minimum atomic E-state index is -0.856. The number of hydrogen-bond acceptors (Lipinski definition) is 5. The maximum absolute atomic E-state index is 12.8. The molecule has 0 unspecified atom stereocenters. The van der Waals surface area contributed by atoms with Gasteiger partial charge in [0.05, 0.1) is 22.4 Å². The van der Waals surface area contributed by atoms with Crippen LogP contribution >= 0.6 is 0 Å². The Hall–Kier alpha value is -3.75. The lowest BCUT2D eigenvalue weighted by atomic mass is 10.1. The molecule has 2 heterocycles. The van der Waals surface area contributed by atoms with Crippen molar-refractivity contribution in [3.05, 3.63) is 58.6 Å². The molecule has 0 saturated heterocycles. The molecule has 2 N–H and O–H groups in total. The van der Waals surface area contributed by atoms with Gasteiger partial charge in [-0.1, -0.05) is 24.3 Å². The summed E-state index contributed by atoms with van der Waals surface area (Å²) in [5, 5.41) is 16.4. The molecule has 1 aromatic heterocycles. The Bertz CT molecular complexity index is 1060. The van der Waals surface area contributed by atoms with Gasteiger partial charge in [-0.15, -0.1) is 0 Å². The van der Waals surface area contributed by atoms with E-state index in [0.29, 0.717) is 11.0 Å². The topological polar surface area (TPSA) is 119 Å². The molecule has 2 amide bonds. The predicted octanol–water partition coefficient (Wildman–Crippen LogP) is 2.47. The summed E-state index contributed by atoms with van der Waals surface area (Å²) < 4.78 is 1.64. The highest BCUT2D eigenvalue weighted by Gasteiger charge is 2.33. The van der Waals surface area contributed by atoms with Gasteiger partial charge in [-0.3, -0.25) is 29.6 Å². The summed E-state index contributed by atoms with van der Waals surface area (Å²) in [6.07, 6.45) is -0.0835. The highest BCUT2D eigenvalue weighted by Crippen LogP contribution is 2.32. The number of amides is 2. The molecule has 0 radical (unpaired) electrons. The SMILES string of the molecule is O=C1C[C@@H](C(=O)Nc2ccccc2[N+](=O)[O-])n2c(nc3ccccc32)N1. The standard InChI is InChI=1S/C17H13N5O4/c23-15-9-14(16(24)18-11-6-2-4-8-13(11)22(25)26)21-12-7-3-1-5-10(12)19-17(21)20-15/h1-8,14H,9H2,(H,18,24)(H,19,20,23)/t14-/m0/s1. The number of rotatable bonds is 3. The molecule has 0 aliphatic carbocycles. The van der Waals surface area contributed by atoms with E-state index in [0.717, 1.165) is 0 Å². The number of nitrogens with zero attached hydrogens (tertiary/aromatic N) is 3. The fourth-order valence-electron chi connectivity index (χ4n) is 3.06. The molecule has 26 heavy (non-hydrogen) atoms. The first-order valence-electron chi connectivity index (χ1n) is 7.85. The van der Waals surface area contributed by atoms with Crippen LogP contribution in [-0.2, 0) is 9.59 Å². The number of benzene rings is 2. The molecule has 0 fully saturated rings. The molecular weight excluding hydrogens is 338 g/mol. The quantitative estimate of drug-likeness (QED) is 0.555. The number of carbonyl (C=O) groups excluding carboxylic acids is 2. The Kier molecular flexibility index (Phi) is 3.61. The van der Waals surface area contributed by atoms with Crippen molar-refractivity contribution in [2.24, 2.45) is 0 Å². The number of nitro groups is 1. The Morgan fingerprint density at radius 2 is 1.96 bits per heavy atom. The van der Waals surface area contributed by atoms with Crippen LogP contribution in [0.4, 0.5) is 17.3 Å². The fourth-order valence-corrected chi connectivity index (χ4v) is 3.06. The number of para-hydroxylation sites is 4. The molecule has 2 aromatic carbocycles. The van der Waals surface area contributed by atoms with Gasteiger partial charge in [0.1, 0.15) is 11.7 Å². The van der Waals surface area contributed by atoms with Crippen LogP contribution < -0.4 is 10.6 Å². The van der Waals surface area contributed by atoms with Crippen molar-refractivity contribution in [3.63, 3.8) is 0 Å². The summed E-state index contributed by atoms with van der Waals surface area (Å²) in [5.74, 6) is -0.570. The second kappa shape index (κ2) is 5.96. The van der Waals surface area contributed by atoms with E-state index in [1.54, 1.807) is 22.8 Å². The summed E-state index contributed by atoms with van der Waals surface area (Å²) in [5.41, 5.74) is 1.22. The van der Waals surface area contributed by atoms with Crippen LogP contribution in [0.15, 0.2) is 48.5 Å². The molecule has 1 aliphatic rings. The lowest BCUT2D eigenvalue weighted by Crippen LogP contribution is -2.35. The number of imidazole rings is 1. The molecule has 3 aromatic rings. The van der Waals surface area contributed by atoms with Crippen LogP contribution in [0.1, 0.15) is 12.5 Å². The zero-order valence-corrected chi connectivity index (χ0v) is 13.4. The minimum absolute atomic E-state index is 0.0828. The second-order valence-electron chi connectivity index (χ2n) is 5.83. The summed E-state index contributed by atoms with van der Waals surface area (Å²) in [7, 11) is 0. The number of hydrogen-bond donors (Lipinski definition) is 2. The predicted molar refractivity (Wildman–Crippen MR) is 93.7 cm³/mol. The molecule has 0 bridgehead atoms. The van der Waals surface area contributed by atoms with Crippen LogP contribution in [0.2, 0.25) is 0 Å². The maximum atomic E-state index is 12.8.